The maximum atomic E-state index is 5.59. The van der Waals surface area contributed by atoms with Gasteiger partial charge >= 0.3 is 0 Å². The van der Waals surface area contributed by atoms with E-state index in [4.69, 9.17) is 10.5 Å². The van der Waals surface area contributed by atoms with Crippen LogP contribution in [0.15, 0.2) is 22.7 Å². The molecule has 0 bridgehead atoms. The molecule has 1 aromatic rings. The number of nitrogens with two attached hydrogens (primary N) is 1. The lowest BCUT2D eigenvalue weighted by molar-refractivity contribution is 0.196. The van der Waals surface area contributed by atoms with Gasteiger partial charge in [0, 0.05) is 38.3 Å². The molecule has 3 nitrogen and oxygen atoms in total. The second-order valence-electron chi connectivity index (χ2n) is 3.76. The fourth-order valence-corrected chi connectivity index (χ4v) is 2.28. The molecule has 0 aromatic heterocycles. The second kappa shape index (κ2) is 6.89. The molecule has 90 valence electrons. The number of halogens is 1. The lowest BCUT2D eigenvalue weighted by atomic mass is 10.2. The van der Waals surface area contributed by atoms with Crippen molar-refractivity contribution in [2.24, 2.45) is 5.73 Å². The molecule has 0 atom stereocenters. The van der Waals surface area contributed by atoms with Gasteiger partial charge in [-0.2, -0.15) is 0 Å². The number of ether oxygens (including phenoxy) is 1. The van der Waals surface area contributed by atoms with Crippen LogP contribution in [0.3, 0.4) is 0 Å². The van der Waals surface area contributed by atoms with Gasteiger partial charge in [0.25, 0.3) is 0 Å². The molecule has 0 fully saturated rings. The summed E-state index contributed by atoms with van der Waals surface area (Å²) >= 11 is 3.57. The molecule has 0 unspecified atom stereocenters. The summed E-state index contributed by atoms with van der Waals surface area (Å²) in [5.74, 6) is 0. The van der Waals surface area contributed by atoms with E-state index in [0.29, 0.717) is 6.54 Å². The normalized spacial score (nSPS) is 10.5. The SMILES string of the molecule is COCCCN(C)c1ccc(CN)cc1Br. The Morgan fingerprint density at radius 1 is 1.44 bits per heavy atom. The molecular formula is C12H19BrN2O. The lowest BCUT2D eigenvalue weighted by Crippen LogP contribution is -2.20. The molecule has 0 saturated carbocycles. The molecule has 2 N–H and O–H groups in total. The number of rotatable bonds is 6. The van der Waals surface area contributed by atoms with Gasteiger partial charge in [0.1, 0.15) is 0 Å². The number of hydrogen-bond acceptors (Lipinski definition) is 3. The van der Waals surface area contributed by atoms with Crippen LogP contribution in [0.1, 0.15) is 12.0 Å². The van der Waals surface area contributed by atoms with E-state index in [0.717, 1.165) is 29.6 Å². The molecule has 0 spiro atoms. The van der Waals surface area contributed by atoms with Crippen LogP contribution in [-0.2, 0) is 11.3 Å². The third kappa shape index (κ3) is 3.77. The summed E-state index contributed by atoms with van der Waals surface area (Å²) in [7, 11) is 3.81. The largest absolute Gasteiger partial charge is 0.385 e. The monoisotopic (exact) mass is 286 g/mol. The topological polar surface area (TPSA) is 38.5 Å². The highest BCUT2D eigenvalue weighted by Crippen LogP contribution is 2.26. The van der Waals surface area contributed by atoms with Crippen molar-refractivity contribution in [1.29, 1.82) is 0 Å². The van der Waals surface area contributed by atoms with Crippen LogP contribution in [0.5, 0.6) is 0 Å². The summed E-state index contributed by atoms with van der Waals surface area (Å²) in [4.78, 5) is 2.21. The van der Waals surface area contributed by atoms with Crippen molar-refractivity contribution in [3.05, 3.63) is 28.2 Å². The summed E-state index contributed by atoms with van der Waals surface area (Å²) in [5, 5.41) is 0. The minimum Gasteiger partial charge on any atom is -0.385 e. The quantitative estimate of drug-likeness (QED) is 0.816. The number of benzene rings is 1. The maximum absolute atomic E-state index is 5.59. The van der Waals surface area contributed by atoms with Crippen LogP contribution in [0.4, 0.5) is 5.69 Å². The van der Waals surface area contributed by atoms with Crippen molar-refractivity contribution in [2.45, 2.75) is 13.0 Å². The van der Waals surface area contributed by atoms with E-state index in [9.17, 15) is 0 Å². The second-order valence-corrected chi connectivity index (χ2v) is 4.61. The Bertz CT molecular complexity index is 331. The first-order valence-corrected chi connectivity index (χ1v) is 6.17. The van der Waals surface area contributed by atoms with E-state index in [2.05, 4.69) is 46.1 Å². The molecule has 4 heteroatoms. The Hall–Kier alpha value is -0.580. The maximum Gasteiger partial charge on any atom is 0.0508 e. The van der Waals surface area contributed by atoms with Gasteiger partial charge < -0.3 is 15.4 Å². The van der Waals surface area contributed by atoms with E-state index in [1.807, 2.05) is 0 Å². The molecule has 1 aromatic carbocycles. The highest BCUT2D eigenvalue weighted by Gasteiger charge is 2.05. The molecule has 0 aliphatic carbocycles. The minimum atomic E-state index is 0.576. The van der Waals surface area contributed by atoms with Gasteiger partial charge in [0.15, 0.2) is 0 Å². The summed E-state index contributed by atoms with van der Waals surface area (Å²) in [5.41, 5.74) is 7.92. The van der Waals surface area contributed by atoms with Gasteiger partial charge in [-0.25, -0.2) is 0 Å². The van der Waals surface area contributed by atoms with Gasteiger partial charge in [0.05, 0.1) is 5.69 Å². The van der Waals surface area contributed by atoms with Gasteiger partial charge in [-0.05, 0) is 40.0 Å². The van der Waals surface area contributed by atoms with Crippen LogP contribution >= 0.6 is 15.9 Å². The molecule has 0 aliphatic rings. The van der Waals surface area contributed by atoms with Crippen molar-refractivity contribution in [3.8, 4) is 0 Å². The zero-order chi connectivity index (χ0) is 12.0. The molecular weight excluding hydrogens is 268 g/mol. The lowest BCUT2D eigenvalue weighted by Gasteiger charge is -2.21. The van der Waals surface area contributed by atoms with Gasteiger partial charge in [-0.15, -0.1) is 0 Å². The first kappa shape index (κ1) is 13.5. The van der Waals surface area contributed by atoms with Crippen molar-refractivity contribution in [2.75, 3.05) is 32.2 Å². The van der Waals surface area contributed by atoms with Crippen molar-refractivity contribution in [1.82, 2.24) is 0 Å². The first-order valence-electron chi connectivity index (χ1n) is 5.37. The van der Waals surface area contributed by atoms with Gasteiger partial charge in [0.2, 0.25) is 0 Å². The average molecular weight is 287 g/mol. The highest BCUT2D eigenvalue weighted by molar-refractivity contribution is 9.10. The standard InChI is InChI=1S/C12H19BrN2O/c1-15(6-3-7-16-2)12-5-4-10(9-14)8-11(12)13/h4-5,8H,3,6-7,9,14H2,1-2H3. The molecule has 0 aliphatic heterocycles. The number of methoxy groups -OCH3 is 1. The first-order chi connectivity index (χ1) is 7.69. The van der Waals surface area contributed by atoms with Gasteiger partial charge in [-0.3, -0.25) is 0 Å². The molecule has 0 saturated heterocycles. The van der Waals surface area contributed by atoms with Crippen molar-refractivity contribution < 1.29 is 4.74 Å². The molecule has 0 amide bonds. The van der Waals surface area contributed by atoms with Crippen LogP contribution in [-0.4, -0.2) is 27.3 Å². The van der Waals surface area contributed by atoms with E-state index < -0.39 is 0 Å². The van der Waals surface area contributed by atoms with Gasteiger partial charge in [-0.1, -0.05) is 6.07 Å². The minimum absolute atomic E-state index is 0.576. The number of hydrogen-bond donors (Lipinski definition) is 1. The van der Waals surface area contributed by atoms with Crippen LogP contribution in [0.25, 0.3) is 0 Å². The van der Waals surface area contributed by atoms with Crippen molar-refractivity contribution >= 4 is 21.6 Å². The summed E-state index contributed by atoms with van der Waals surface area (Å²) in [6.45, 7) is 2.35. The summed E-state index contributed by atoms with van der Waals surface area (Å²) < 4.78 is 6.13. The third-order valence-electron chi connectivity index (χ3n) is 2.50. The molecule has 0 heterocycles. The Labute approximate surface area is 106 Å². The molecule has 16 heavy (non-hydrogen) atoms. The fourth-order valence-electron chi connectivity index (χ4n) is 1.55. The van der Waals surface area contributed by atoms with Crippen LogP contribution < -0.4 is 10.6 Å². The Morgan fingerprint density at radius 3 is 2.75 bits per heavy atom. The highest BCUT2D eigenvalue weighted by atomic mass is 79.9. The predicted octanol–water partition coefficient (Wildman–Crippen LogP) is 2.38. The van der Waals surface area contributed by atoms with Crippen LogP contribution in [0.2, 0.25) is 0 Å². The Kier molecular flexibility index (Phi) is 5.80. The van der Waals surface area contributed by atoms with E-state index in [1.54, 1.807) is 7.11 Å². The Morgan fingerprint density at radius 2 is 2.19 bits per heavy atom. The number of nitrogens with zero attached hydrogens (tertiary/aromatic N) is 1. The van der Waals surface area contributed by atoms with E-state index in [-0.39, 0.29) is 0 Å². The average Bonchev–Trinajstić information content (AvgIpc) is 2.29. The summed E-state index contributed by atoms with van der Waals surface area (Å²) in [6, 6.07) is 6.23. The summed E-state index contributed by atoms with van der Waals surface area (Å²) in [6.07, 6.45) is 1.03. The molecule has 1 rings (SSSR count). The van der Waals surface area contributed by atoms with Crippen LogP contribution in [0, 0.1) is 0 Å². The number of anilines is 1. The zero-order valence-electron chi connectivity index (χ0n) is 9.87. The predicted molar refractivity (Wildman–Crippen MR) is 71.8 cm³/mol. The van der Waals surface area contributed by atoms with E-state index in [1.165, 1.54) is 5.69 Å². The van der Waals surface area contributed by atoms with Crippen molar-refractivity contribution in [3.63, 3.8) is 0 Å². The fraction of sp³-hybridized carbons (Fsp3) is 0.500. The Balaban J connectivity index is 2.64. The molecule has 0 radical (unpaired) electrons. The smallest absolute Gasteiger partial charge is 0.0508 e. The third-order valence-corrected chi connectivity index (χ3v) is 3.14. The zero-order valence-corrected chi connectivity index (χ0v) is 11.5. The van der Waals surface area contributed by atoms with E-state index >= 15 is 0 Å².